The minimum absolute atomic E-state index is 0.0236. The van der Waals surface area contributed by atoms with Crippen molar-refractivity contribution < 1.29 is 38.3 Å². The van der Waals surface area contributed by atoms with Crippen LogP contribution in [-0.2, 0) is 20.2 Å². The fourth-order valence-electron chi connectivity index (χ4n) is 3.98. The number of aryl methyl sites for hydroxylation is 1. The second-order valence-electron chi connectivity index (χ2n) is 8.25. The quantitative estimate of drug-likeness (QED) is 0.0995. The van der Waals surface area contributed by atoms with Gasteiger partial charge in [-0.05, 0) is 63.1 Å². The van der Waals surface area contributed by atoms with Gasteiger partial charge in [-0.15, -0.1) is 0 Å². The van der Waals surface area contributed by atoms with Crippen molar-refractivity contribution in [2.24, 2.45) is 5.92 Å². The zero-order chi connectivity index (χ0) is 23.9. The molecule has 0 saturated heterocycles. The van der Waals surface area contributed by atoms with Gasteiger partial charge in [-0.1, -0.05) is 43.6 Å². The Bertz CT molecular complexity index is 902. The number of phenolic OH excluding ortho intramolecular Hbond substituents is 1. The topological polar surface area (TPSA) is 123 Å². The van der Waals surface area contributed by atoms with E-state index in [1.807, 2.05) is 13.8 Å². The molecule has 1 aliphatic carbocycles. The van der Waals surface area contributed by atoms with Crippen molar-refractivity contribution in [1.29, 1.82) is 0 Å². The lowest BCUT2D eigenvalue weighted by Gasteiger charge is -2.32. The molecule has 0 unspecified atom stereocenters. The lowest BCUT2D eigenvalue weighted by atomic mass is 9.73. The number of unbranched alkanes of at least 4 members (excludes halogenated alkanes) is 2. The van der Waals surface area contributed by atoms with Crippen LogP contribution in [-0.4, -0.2) is 27.8 Å². The zero-order valence-electron chi connectivity index (χ0n) is 18.9. The SMILES string of the molecule is C=C(C)[C@@H]1CCC(C)=C[C@H]1c1c(O)cc(CCCCC)cc1OC(=O)OCOP(=O)(O)O. The highest BCUT2D eigenvalue weighted by Gasteiger charge is 2.31. The summed E-state index contributed by atoms with van der Waals surface area (Å²) in [7, 11) is -4.78. The average molecular weight is 468 g/mol. The molecule has 8 nitrogen and oxygen atoms in total. The molecule has 0 radical (unpaired) electrons. The third-order valence-corrected chi connectivity index (χ3v) is 6.00. The minimum Gasteiger partial charge on any atom is -0.507 e. The number of phosphoric ester groups is 1. The molecule has 0 heterocycles. The fraction of sp³-hybridized carbons (Fsp3) is 0.522. The number of carbonyl (C=O) groups is 1. The summed E-state index contributed by atoms with van der Waals surface area (Å²) < 4.78 is 24.9. The Hall–Kier alpha value is -2.12. The molecule has 0 saturated carbocycles. The Morgan fingerprint density at radius 3 is 2.62 bits per heavy atom. The number of hydrogen-bond donors (Lipinski definition) is 3. The first-order chi connectivity index (χ1) is 15.0. The Morgan fingerprint density at radius 1 is 1.28 bits per heavy atom. The van der Waals surface area contributed by atoms with Gasteiger partial charge in [-0.25, -0.2) is 13.9 Å². The van der Waals surface area contributed by atoms with E-state index in [0.717, 1.165) is 43.2 Å². The molecule has 0 amide bonds. The third kappa shape index (κ3) is 7.78. The molecule has 0 aliphatic heterocycles. The molecule has 178 valence electrons. The molecule has 2 atom stereocenters. The smallest absolute Gasteiger partial charge is 0.507 e. The molecule has 0 spiro atoms. The highest BCUT2D eigenvalue weighted by atomic mass is 31.2. The van der Waals surface area contributed by atoms with Crippen molar-refractivity contribution in [1.82, 2.24) is 0 Å². The van der Waals surface area contributed by atoms with E-state index >= 15 is 0 Å². The van der Waals surface area contributed by atoms with Crippen LogP contribution >= 0.6 is 7.82 Å². The van der Waals surface area contributed by atoms with E-state index < -0.39 is 20.8 Å². The van der Waals surface area contributed by atoms with Crippen LogP contribution in [0.3, 0.4) is 0 Å². The number of carbonyl (C=O) groups excluding carboxylic acids is 1. The van der Waals surface area contributed by atoms with E-state index in [2.05, 4.69) is 28.8 Å². The molecule has 3 N–H and O–H groups in total. The first-order valence-corrected chi connectivity index (χ1v) is 12.3. The Kier molecular flexibility index (Phi) is 9.52. The van der Waals surface area contributed by atoms with Crippen LogP contribution in [0.4, 0.5) is 4.79 Å². The highest BCUT2D eigenvalue weighted by molar-refractivity contribution is 7.46. The van der Waals surface area contributed by atoms with Gasteiger partial charge in [0.2, 0.25) is 6.79 Å². The number of benzene rings is 1. The summed E-state index contributed by atoms with van der Waals surface area (Å²) in [5, 5.41) is 10.9. The standard InChI is InChI=1S/C23H33O8P/c1-5-6-7-8-17-12-20(24)22(19-11-16(4)9-10-18(19)15(2)3)21(13-17)31-23(25)29-14-30-32(26,27)28/h11-13,18-19,24H,2,5-10,14H2,1,3-4H3,(H2,26,27,28)/t18-,19+/m0/s1. The molecule has 9 heteroatoms. The van der Waals surface area contributed by atoms with E-state index in [4.69, 9.17) is 14.5 Å². The van der Waals surface area contributed by atoms with Gasteiger partial charge in [-0.3, -0.25) is 0 Å². The average Bonchev–Trinajstić information content (AvgIpc) is 2.66. The van der Waals surface area contributed by atoms with Crippen LogP contribution in [0.2, 0.25) is 0 Å². The second kappa shape index (κ2) is 11.7. The van der Waals surface area contributed by atoms with E-state index in [1.54, 1.807) is 12.1 Å². The molecule has 2 rings (SSSR count). The van der Waals surface area contributed by atoms with Crippen molar-refractivity contribution >= 4 is 14.0 Å². The van der Waals surface area contributed by atoms with Gasteiger partial charge in [0.1, 0.15) is 11.5 Å². The zero-order valence-corrected chi connectivity index (χ0v) is 19.8. The molecule has 1 aromatic carbocycles. The van der Waals surface area contributed by atoms with E-state index in [-0.39, 0.29) is 23.3 Å². The number of allylic oxidation sites excluding steroid dienone is 3. The summed E-state index contributed by atoms with van der Waals surface area (Å²) in [6.45, 7) is 9.19. The molecular weight excluding hydrogens is 435 g/mol. The van der Waals surface area contributed by atoms with Crippen molar-refractivity contribution in [2.45, 2.75) is 65.2 Å². The van der Waals surface area contributed by atoms with Gasteiger partial charge in [-0.2, -0.15) is 0 Å². The molecule has 1 aromatic rings. The van der Waals surface area contributed by atoms with Crippen LogP contribution in [0.25, 0.3) is 0 Å². The number of ether oxygens (including phenoxy) is 2. The molecule has 1 aliphatic rings. The molecule has 0 aromatic heterocycles. The Morgan fingerprint density at radius 2 is 2.00 bits per heavy atom. The number of aromatic hydroxyl groups is 1. The summed E-state index contributed by atoms with van der Waals surface area (Å²) in [5.41, 5.74) is 3.41. The second-order valence-corrected chi connectivity index (χ2v) is 9.49. The van der Waals surface area contributed by atoms with Crippen molar-refractivity contribution in [3.63, 3.8) is 0 Å². The maximum atomic E-state index is 12.2. The lowest BCUT2D eigenvalue weighted by Crippen LogP contribution is -2.20. The van der Waals surface area contributed by atoms with E-state index in [0.29, 0.717) is 12.0 Å². The Balaban J connectivity index is 2.38. The van der Waals surface area contributed by atoms with Crippen LogP contribution in [0.15, 0.2) is 35.9 Å². The van der Waals surface area contributed by atoms with Gasteiger partial charge in [0.25, 0.3) is 0 Å². The maximum Gasteiger partial charge on any atom is 0.516 e. The summed E-state index contributed by atoms with van der Waals surface area (Å²) in [6.07, 6.45) is 6.36. The summed E-state index contributed by atoms with van der Waals surface area (Å²) >= 11 is 0. The predicted octanol–water partition coefficient (Wildman–Crippen LogP) is 5.72. The number of phenols is 1. The molecular formula is C23H33O8P. The fourth-order valence-corrected chi connectivity index (χ4v) is 4.17. The first-order valence-electron chi connectivity index (χ1n) is 10.7. The number of rotatable bonds is 10. The van der Waals surface area contributed by atoms with Gasteiger partial charge in [0.05, 0.1) is 0 Å². The summed E-state index contributed by atoms with van der Waals surface area (Å²) in [4.78, 5) is 29.7. The summed E-state index contributed by atoms with van der Waals surface area (Å²) in [5.74, 6) is 0.00217. The van der Waals surface area contributed by atoms with Gasteiger partial charge in [0.15, 0.2) is 0 Å². The Labute approximate surface area is 189 Å². The van der Waals surface area contributed by atoms with Crippen LogP contribution in [0, 0.1) is 5.92 Å². The molecule has 0 bridgehead atoms. The minimum atomic E-state index is -4.78. The van der Waals surface area contributed by atoms with Crippen LogP contribution in [0.5, 0.6) is 11.5 Å². The third-order valence-electron chi connectivity index (χ3n) is 5.55. The van der Waals surface area contributed by atoms with Crippen LogP contribution in [0.1, 0.15) is 69.9 Å². The molecule has 32 heavy (non-hydrogen) atoms. The maximum absolute atomic E-state index is 12.2. The van der Waals surface area contributed by atoms with Crippen molar-refractivity contribution in [2.75, 3.05) is 6.79 Å². The number of hydrogen-bond acceptors (Lipinski definition) is 6. The van der Waals surface area contributed by atoms with Crippen molar-refractivity contribution in [3.8, 4) is 11.5 Å². The highest BCUT2D eigenvalue weighted by Crippen LogP contribution is 2.47. The van der Waals surface area contributed by atoms with E-state index in [9.17, 15) is 14.5 Å². The lowest BCUT2D eigenvalue weighted by molar-refractivity contribution is 0.0167. The summed E-state index contributed by atoms with van der Waals surface area (Å²) in [6, 6.07) is 3.41. The van der Waals surface area contributed by atoms with Gasteiger partial charge in [0, 0.05) is 11.5 Å². The van der Waals surface area contributed by atoms with Crippen molar-refractivity contribution in [3.05, 3.63) is 47.1 Å². The monoisotopic (exact) mass is 468 g/mol. The van der Waals surface area contributed by atoms with Gasteiger partial charge < -0.3 is 24.4 Å². The predicted molar refractivity (Wildman–Crippen MR) is 120 cm³/mol. The van der Waals surface area contributed by atoms with Gasteiger partial charge >= 0.3 is 14.0 Å². The van der Waals surface area contributed by atoms with Crippen LogP contribution < -0.4 is 4.74 Å². The normalized spacial score (nSPS) is 18.7. The first kappa shape index (κ1) is 26.1. The molecule has 0 fully saturated rings. The largest absolute Gasteiger partial charge is 0.516 e. The number of phosphoric acid groups is 1. The van der Waals surface area contributed by atoms with E-state index in [1.165, 1.54) is 5.57 Å².